The number of carboxylic acids is 1. The van der Waals surface area contributed by atoms with E-state index in [9.17, 15) is 9.90 Å². The summed E-state index contributed by atoms with van der Waals surface area (Å²) in [6.07, 6.45) is 0.420. The van der Waals surface area contributed by atoms with Crippen LogP contribution in [-0.4, -0.2) is 24.3 Å². The van der Waals surface area contributed by atoms with Gasteiger partial charge in [0.05, 0.1) is 19.1 Å². The number of benzene rings is 2. The number of aryl methyl sites for hydroxylation is 1. The molecule has 2 aromatic rings. The summed E-state index contributed by atoms with van der Waals surface area (Å²) in [5.41, 5.74) is 2.67. The van der Waals surface area contributed by atoms with Crippen LogP contribution in [0.4, 0.5) is 0 Å². The first-order chi connectivity index (χ1) is 11.5. The Hall–Kier alpha value is -2.49. The van der Waals surface area contributed by atoms with Crippen LogP contribution in [0.25, 0.3) is 0 Å². The topological polar surface area (TPSA) is 55.8 Å². The van der Waals surface area contributed by atoms with Crippen LogP contribution in [0, 0.1) is 6.92 Å². The Labute approximate surface area is 143 Å². The van der Waals surface area contributed by atoms with Gasteiger partial charge in [-0.05, 0) is 62.1 Å². The van der Waals surface area contributed by atoms with Crippen LogP contribution < -0.4 is 9.47 Å². The maximum atomic E-state index is 11.8. The number of carboxylic acid groups (broad SMARTS) is 1. The summed E-state index contributed by atoms with van der Waals surface area (Å²) in [6.45, 7) is 6.97. The van der Waals surface area contributed by atoms with E-state index in [4.69, 9.17) is 9.47 Å². The molecule has 0 aliphatic carbocycles. The number of rotatable bonds is 8. The van der Waals surface area contributed by atoms with Gasteiger partial charge in [0.15, 0.2) is 0 Å². The Balaban J connectivity index is 2.25. The first-order valence-corrected chi connectivity index (χ1v) is 8.23. The molecule has 128 valence electrons. The summed E-state index contributed by atoms with van der Waals surface area (Å²) in [7, 11) is 0. The summed E-state index contributed by atoms with van der Waals surface area (Å²) in [4.78, 5) is 11.8. The van der Waals surface area contributed by atoms with Crippen molar-refractivity contribution in [3.63, 3.8) is 0 Å². The van der Waals surface area contributed by atoms with Gasteiger partial charge in [-0.1, -0.05) is 24.3 Å². The van der Waals surface area contributed by atoms with Crippen LogP contribution in [0.1, 0.15) is 36.5 Å². The first kappa shape index (κ1) is 17.9. The first-order valence-electron chi connectivity index (χ1n) is 8.23. The van der Waals surface area contributed by atoms with Crippen molar-refractivity contribution in [1.82, 2.24) is 0 Å². The molecule has 4 heteroatoms. The molecule has 0 radical (unpaired) electrons. The van der Waals surface area contributed by atoms with E-state index in [1.165, 1.54) is 0 Å². The van der Waals surface area contributed by atoms with Crippen molar-refractivity contribution in [2.45, 2.75) is 33.1 Å². The molecular formula is C20H24O4. The maximum absolute atomic E-state index is 11.8. The zero-order valence-electron chi connectivity index (χ0n) is 14.4. The van der Waals surface area contributed by atoms with Crippen molar-refractivity contribution in [1.29, 1.82) is 0 Å². The van der Waals surface area contributed by atoms with Gasteiger partial charge >= 0.3 is 5.97 Å². The van der Waals surface area contributed by atoms with Crippen LogP contribution in [-0.2, 0) is 11.2 Å². The lowest BCUT2D eigenvalue weighted by Crippen LogP contribution is -2.15. The van der Waals surface area contributed by atoms with Gasteiger partial charge in [-0.3, -0.25) is 4.79 Å². The smallest absolute Gasteiger partial charge is 0.311 e. The number of hydrogen-bond acceptors (Lipinski definition) is 3. The molecule has 0 saturated carbocycles. The molecule has 0 fully saturated rings. The van der Waals surface area contributed by atoms with Crippen LogP contribution in [0.5, 0.6) is 11.5 Å². The van der Waals surface area contributed by atoms with Crippen molar-refractivity contribution in [3.8, 4) is 11.5 Å². The molecule has 2 aromatic carbocycles. The molecular weight excluding hydrogens is 304 g/mol. The molecule has 1 atom stereocenters. The maximum Gasteiger partial charge on any atom is 0.311 e. The Kier molecular flexibility index (Phi) is 6.24. The Morgan fingerprint density at radius 3 is 2.46 bits per heavy atom. The normalized spacial score (nSPS) is 11.8. The van der Waals surface area contributed by atoms with Crippen molar-refractivity contribution < 1.29 is 19.4 Å². The molecule has 0 aliphatic rings. The van der Waals surface area contributed by atoms with Gasteiger partial charge < -0.3 is 14.6 Å². The zero-order valence-corrected chi connectivity index (χ0v) is 14.4. The highest BCUT2D eigenvalue weighted by atomic mass is 16.5. The molecule has 0 aliphatic heterocycles. The summed E-state index contributed by atoms with van der Waals surface area (Å²) in [5.74, 6) is 0.127. The number of carbonyl (C=O) groups is 1. The largest absolute Gasteiger partial charge is 0.494 e. The second-order valence-corrected chi connectivity index (χ2v) is 5.63. The quantitative estimate of drug-likeness (QED) is 0.789. The molecule has 1 N–H and O–H groups in total. The fourth-order valence-electron chi connectivity index (χ4n) is 2.72. The molecule has 1 unspecified atom stereocenters. The summed E-state index contributed by atoms with van der Waals surface area (Å²) < 4.78 is 11.0. The van der Waals surface area contributed by atoms with E-state index >= 15 is 0 Å². The van der Waals surface area contributed by atoms with Crippen molar-refractivity contribution in [2.75, 3.05) is 13.2 Å². The second kappa shape index (κ2) is 8.39. The third-order valence-corrected chi connectivity index (χ3v) is 3.85. The molecule has 4 nitrogen and oxygen atoms in total. The van der Waals surface area contributed by atoms with E-state index in [1.54, 1.807) is 0 Å². The van der Waals surface area contributed by atoms with E-state index in [-0.39, 0.29) is 0 Å². The monoisotopic (exact) mass is 328 g/mol. The SMILES string of the molecule is CCOc1cccc(CC(C(=O)O)c2ccc(OCC)c(C)c2)c1. The minimum Gasteiger partial charge on any atom is -0.494 e. The molecule has 0 amide bonds. The van der Waals surface area contributed by atoms with E-state index in [1.807, 2.05) is 63.2 Å². The van der Waals surface area contributed by atoms with Gasteiger partial charge in [0, 0.05) is 0 Å². The fraction of sp³-hybridized carbons (Fsp3) is 0.350. The number of aliphatic carboxylic acids is 1. The molecule has 0 heterocycles. The van der Waals surface area contributed by atoms with Gasteiger partial charge in [0.2, 0.25) is 0 Å². The van der Waals surface area contributed by atoms with E-state index in [0.29, 0.717) is 19.6 Å². The molecule has 0 saturated heterocycles. The highest BCUT2D eigenvalue weighted by molar-refractivity contribution is 5.76. The van der Waals surface area contributed by atoms with Crippen LogP contribution >= 0.6 is 0 Å². The molecule has 0 spiro atoms. The average molecular weight is 328 g/mol. The number of ether oxygens (including phenoxy) is 2. The van der Waals surface area contributed by atoms with Crippen molar-refractivity contribution in [2.24, 2.45) is 0 Å². The number of hydrogen-bond donors (Lipinski definition) is 1. The molecule has 24 heavy (non-hydrogen) atoms. The van der Waals surface area contributed by atoms with Crippen molar-refractivity contribution >= 4 is 5.97 Å². The van der Waals surface area contributed by atoms with Gasteiger partial charge in [-0.15, -0.1) is 0 Å². The lowest BCUT2D eigenvalue weighted by molar-refractivity contribution is -0.138. The molecule has 2 rings (SSSR count). The zero-order chi connectivity index (χ0) is 17.5. The van der Waals surface area contributed by atoms with Crippen LogP contribution in [0.15, 0.2) is 42.5 Å². The van der Waals surface area contributed by atoms with E-state index < -0.39 is 11.9 Å². The minimum atomic E-state index is -0.833. The predicted molar refractivity (Wildman–Crippen MR) is 94.0 cm³/mol. The Bertz CT molecular complexity index is 694. The highest BCUT2D eigenvalue weighted by Gasteiger charge is 2.21. The van der Waals surface area contributed by atoms with Gasteiger partial charge in [0.1, 0.15) is 11.5 Å². The van der Waals surface area contributed by atoms with Crippen molar-refractivity contribution in [3.05, 3.63) is 59.2 Å². The van der Waals surface area contributed by atoms with Gasteiger partial charge in [-0.25, -0.2) is 0 Å². The average Bonchev–Trinajstić information content (AvgIpc) is 2.55. The van der Waals surface area contributed by atoms with E-state index in [2.05, 4.69) is 0 Å². The van der Waals surface area contributed by atoms with Gasteiger partial charge in [-0.2, -0.15) is 0 Å². The minimum absolute atomic E-state index is 0.420. The molecule has 0 bridgehead atoms. The van der Waals surface area contributed by atoms with Gasteiger partial charge in [0.25, 0.3) is 0 Å². The highest BCUT2D eigenvalue weighted by Crippen LogP contribution is 2.28. The summed E-state index contributed by atoms with van der Waals surface area (Å²) in [5, 5.41) is 9.66. The second-order valence-electron chi connectivity index (χ2n) is 5.63. The molecule has 0 aromatic heterocycles. The lowest BCUT2D eigenvalue weighted by Gasteiger charge is -2.16. The standard InChI is InChI=1S/C20H24O4/c1-4-23-17-8-6-7-15(12-17)13-18(20(21)22)16-9-10-19(24-5-2)14(3)11-16/h6-12,18H,4-5,13H2,1-3H3,(H,21,22). The van der Waals surface area contributed by atoms with Crippen LogP contribution in [0.3, 0.4) is 0 Å². The third kappa shape index (κ3) is 4.51. The third-order valence-electron chi connectivity index (χ3n) is 3.85. The summed E-state index contributed by atoms with van der Waals surface area (Å²) in [6, 6.07) is 13.2. The Morgan fingerprint density at radius 1 is 1.08 bits per heavy atom. The van der Waals surface area contributed by atoms with Crippen LogP contribution in [0.2, 0.25) is 0 Å². The Morgan fingerprint density at radius 2 is 1.83 bits per heavy atom. The summed E-state index contributed by atoms with van der Waals surface area (Å²) >= 11 is 0. The predicted octanol–water partition coefficient (Wildman–Crippen LogP) is 4.20. The fourth-order valence-corrected chi connectivity index (χ4v) is 2.72. The lowest BCUT2D eigenvalue weighted by atomic mass is 9.91. The van der Waals surface area contributed by atoms with E-state index in [0.717, 1.165) is 28.2 Å².